The van der Waals surface area contributed by atoms with Gasteiger partial charge in [0.2, 0.25) is 0 Å². The summed E-state index contributed by atoms with van der Waals surface area (Å²) in [5, 5.41) is 7.34. The number of thiophene rings is 1. The molecule has 1 N–H and O–H groups in total. The molecule has 1 aliphatic rings. The van der Waals surface area contributed by atoms with Gasteiger partial charge in [-0.2, -0.15) is 24.5 Å². The summed E-state index contributed by atoms with van der Waals surface area (Å²) in [7, 11) is 1.42. The van der Waals surface area contributed by atoms with Gasteiger partial charge in [-0.3, -0.25) is 4.90 Å². The van der Waals surface area contributed by atoms with E-state index in [0.29, 0.717) is 0 Å². The lowest BCUT2D eigenvalue weighted by molar-refractivity contribution is -0.137. The van der Waals surface area contributed by atoms with Gasteiger partial charge < -0.3 is 10.1 Å². The summed E-state index contributed by atoms with van der Waals surface area (Å²) in [4.78, 5) is 2.28. The van der Waals surface area contributed by atoms with Gasteiger partial charge >= 0.3 is 6.18 Å². The molecule has 1 aromatic carbocycles. The van der Waals surface area contributed by atoms with E-state index in [9.17, 15) is 13.2 Å². The average molecular weight is 356 g/mol. The van der Waals surface area contributed by atoms with E-state index >= 15 is 0 Å². The maximum atomic E-state index is 13.0. The Hall–Kier alpha value is -1.57. The van der Waals surface area contributed by atoms with E-state index < -0.39 is 11.7 Å². The number of methoxy groups -OCH3 is 1. The zero-order valence-electron chi connectivity index (χ0n) is 13.3. The third-order valence-electron chi connectivity index (χ3n) is 4.23. The van der Waals surface area contributed by atoms with Crippen molar-refractivity contribution < 1.29 is 17.9 Å². The number of rotatable bonds is 4. The number of alkyl halides is 3. The molecule has 0 bridgehead atoms. The number of hydrogen-bond acceptors (Lipinski definition) is 4. The van der Waals surface area contributed by atoms with E-state index in [0.717, 1.165) is 49.4 Å². The Kier molecular flexibility index (Phi) is 5.12. The van der Waals surface area contributed by atoms with Crippen molar-refractivity contribution in [3.63, 3.8) is 0 Å². The van der Waals surface area contributed by atoms with Crippen LogP contribution >= 0.6 is 11.3 Å². The van der Waals surface area contributed by atoms with Crippen molar-refractivity contribution in [1.82, 2.24) is 10.2 Å². The summed E-state index contributed by atoms with van der Waals surface area (Å²) in [6.45, 7) is 3.41. The van der Waals surface area contributed by atoms with Gasteiger partial charge in [0.1, 0.15) is 5.75 Å². The highest BCUT2D eigenvalue weighted by Gasteiger charge is 2.33. The molecule has 0 saturated carbocycles. The molecule has 1 aromatic heterocycles. The van der Waals surface area contributed by atoms with Gasteiger partial charge in [0.25, 0.3) is 0 Å². The molecule has 1 fully saturated rings. The topological polar surface area (TPSA) is 24.5 Å². The van der Waals surface area contributed by atoms with Crippen molar-refractivity contribution in [3.8, 4) is 5.75 Å². The third kappa shape index (κ3) is 3.58. The van der Waals surface area contributed by atoms with E-state index in [1.807, 2.05) is 16.8 Å². The first-order valence-electron chi connectivity index (χ1n) is 7.72. The molecule has 2 aromatic rings. The number of benzene rings is 1. The second kappa shape index (κ2) is 7.13. The fourth-order valence-electron chi connectivity index (χ4n) is 3.07. The number of halogens is 3. The molecular formula is C17H19F3N2OS. The maximum absolute atomic E-state index is 13.0. The number of nitrogens with one attached hydrogen (secondary N) is 1. The fraction of sp³-hybridized carbons (Fsp3) is 0.412. The predicted molar refractivity (Wildman–Crippen MR) is 88.6 cm³/mol. The second-order valence-corrected chi connectivity index (χ2v) is 6.48. The normalized spacial score (nSPS) is 17.7. The van der Waals surface area contributed by atoms with Crippen molar-refractivity contribution >= 4 is 11.3 Å². The summed E-state index contributed by atoms with van der Waals surface area (Å²) in [5.41, 5.74) is 1.17. The van der Waals surface area contributed by atoms with E-state index in [2.05, 4.69) is 10.2 Å². The molecule has 0 unspecified atom stereocenters. The average Bonchev–Trinajstić information content (AvgIpc) is 3.09. The summed E-state index contributed by atoms with van der Waals surface area (Å²) >= 11 is 1.58. The monoisotopic (exact) mass is 356 g/mol. The van der Waals surface area contributed by atoms with Crippen LogP contribution in [-0.2, 0) is 6.18 Å². The van der Waals surface area contributed by atoms with Crippen molar-refractivity contribution in [3.05, 3.63) is 51.7 Å². The molecule has 0 radical (unpaired) electrons. The summed E-state index contributed by atoms with van der Waals surface area (Å²) < 4.78 is 44.3. The molecule has 0 aliphatic carbocycles. The molecule has 1 saturated heterocycles. The van der Waals surface area contributed by atoms with Crippen LogP contribution in [0, 0.1) is 0 Å². The van der Waals surface area contributed by atoms with Gasteiger partial charge in [-0.15, -0.1) is 0 Å². The largest absolute Gasteiger partial charge is 0.496 e. The minimum Gasteiger partial charge on any atom is -0.496 e. The second-order valence-electron chi connectivity index (χ2n) is 5.70. The van der Waals surface area contributed by atoms with E-state index in [1.165, 1.54) is 7.11 Å². The molecule has 3 nitrogen and oxygen atoms in total. The smallest absolute Gasteiger partial charge is 0.416 e. The highest BCUT2D eigenvalue weighted by molar-refractivity contribution is 7.08. The van der Waals surface area contributed by atoms with Gasteiger partial charge in [-0.1, -0.05) is 6.07 Å². The SMILES string of the molecule is COc1cc(C(F)(F)F)ccc1[C@H](c1ccsc1)N1CCNCC1. The highest BCUT2D eigenvalue weighted by atomic mass is 32.1. The fourth-order valence-corrected chi connectivity index (χ4v) is 3.75. The first-order chi connectivity index (χ1) is 11.5. The van der Waals surface area contributed by atoms with Gasteiger partial charge in [-0.25, -0.2) is 0 Å². The minimum absolute atomic E-state index is 0.101. The zero-order valence-corrected chi connectivity index (χ0v) is 14.1. The Morgan fingerprint density at radius 2 is 1.96 bits per heavy atom. The molecule has 24 heavy (non-hydrogen) atoms. The van der Waals surface area contributed by atoms with Crippen molar-refractivity contribution in [2.24, 2.45) is 0 Å². The lowest BCUT2D eigenvalue weighted by atomic mass is 9.96. The number of hydrogen-bond donors (Lipinski definition) is 1. The van der Waals surface area contributed by atoms with Crippen LogP contribution in [0.1, 0.15) is 22.7 Å². The highest BCUT2D eigenvalue weighted by Crippen LogP contribution is 2.39. The number of ether oxygens (including phenoxy) is 1. The van der Waals surface area contributed by atoms with Gasteiger partial charge in [0, 0.05) is 31.7 Å². The Balaban J connectivity index is 2.04. The molecule has 0 amide bonds. The van der Waals surface area contributed by atoms with Crippen LogP contribution < -0.4 is 10.1 Å². The zero-order chi connectivity index (χ0) is 17.2. The van der Waals surface area contributed by atoms with E-state index in [-0.39, 0.29) is 11.8 Å². The van der Waals surface area contributed by atoms with Crippen LogP contribution in [0.15, 0.2) is 35.0 Å². The number of piperazine rings is 1. The third-order valence-corrected chi connectivity index (χ3v) is 4.93. The van der Waals surface area contributed by atoms with Crippen LogP contribution in [0.2, 0.25) is 0 Å². The van der Waals surface area contributed by atoms with Crippen molar-refractivity contribution in [1.29, 1.82) is 0 Å². The molecule has 2 heterocycles. The van der Waals surface area contributed by atoms with E-state index in [4.69, 9.17) is 4.74 Å². The first kappa shape index (κ1) is 17.3. The lowest BCUT2D eigenvalue weighted by Crippen LogP contribution is -2.45. The van der Waals surface area contributed by atoms with Crippen molar-refractivity contribution in [2.45, 2.75) is 12.2 Å². The summed E-state index contributed by atoms with van der Waals surface area (Å²) in [5.74, 6) is 0.277. The molecule has 1 atom stereocenters. The van der Waals surface area contributed by atoms with E-state index in [1.54, 1.807) is 17.4 Å². The predicted octanol–water partition coefficient (Wildman–Crippen LogP) is 3.77. The Labute approximate surface area is 143 Å². The van der Waals surface area contributed by atoms with Crippen LogP contribution in [-0.4, -0.2) is 38.2 Å². The van der Waals surface area contributed by atoms with Crippen molar-refractivity contribution in [2.75, 3.05) is 33.3 Å². The summed E-state index contributed by atoms with van der Waals surface area (Å²) in [6, 6.07) is 5.70. The molecule has 130 valence electrons. The minimum atomic E-state index is -4.38. The molecular weight excluding hydrogens is 337 g/mol. The van der Waals surface area contributed by atoms with Crippen LogP contribution in [0.3, 0.4) is 0 Å². The molecule has 3 rings (SSSR count). The first-order valence-corrected chi connectivity index (χ1v) is 8.67. The van der Waals surface area contributed by atoms with Crippen LogP contribution in [0.25, 0.3) is 0 Å². The Morgan fingerprint density at radius 3 is 2.54 bits per heavy atom. The van der Waals surface area contributed by atoms with Gasteiger partial charge in [0.15, 0.2) is 0 Å². The molecule has 0 spiro atoms. The molecule has 1 aliphatic heterocycles. The standard InChI is InChI=1S/C17H19F3N2OS/c1-23-15-10-13(17(18,19)20)2-3-14(15)16(12-4-9-24-11-12)22-7-5-21-6-8-22/h2-4,9-11,16,21H,5-8H2,1H3/t16-/m0/s1. The summed E-state index contributed by atoms with van der Waals surface area (Å²) in [6.07, 6.45) is -4.38. The van der Waals surface area contributed by atoms with Gasteiger partial charge in [-0.05, 0) is 34.5 Å². The van der Waals surface area contributed by atoms with Crippen LogP contribution in [0.4, 0.5) is 13.2 Å². The number of nitrogens with zero attached hydrogens (tertiary/aromatic N) is 1. The Morgan fingerprint density at radius 1 is 1.21 bits per heavy atom. The van der Waals surface area contributed by atoms with Crippen LogP contribution in [0.5, 0.6) is 5.75 Å². The lowest BCUT2D eigenvalue weighted by Gasteiger charge is -2.35. The van der Waals surface area contributed by atoms with Gasteiger partial charge in [0.05, 0.1) is 18.7 Å². The maximum Gasteiger partial charge on any atom is 0.416 e. The molecule has 7 heteroatoms. The Bertz CT molecular complexity index is 667. The quantitative estimate of drug-likeness (QED) is 0.903.